The van der Waals surface area contributed by atoms with Gasteiger partial charge >= 0.3 is 6.18 Å². The second-order valence-corrected chi connectivity index (χ2v) is 7.96. The number of alkyl halides is 3. The van der Waals surface area contributed by atoms with E-state index in [0.717, 1.165) is 38.3 Å². The number of nitriles is 1. The monoisotopic (exact) mass is 400 g/mol. The summed E-state index contributed by atoms with van der Waals surface area (Å²) in [6.07, 6.45) is -0.598. The highest BCUT2D eigenvalue weighted by Crippen LogP contribution is 2.40. The SMILES string of the molecule is CN(c1nc(C(F)(F)F)ccc1C#N)C1CC2CCC(C1)N2Cc1ccccc1. The molecule has 2 bridgehead atoms. The molecule has 29 heavy (non-hydrogen) atoms. The fourth-order valence-electron chi connectivity index (χ4n) is 4.75. The van der Waals surface area contributed by atoms with Crippen molar-refractivity contribution in [3.05, 3.63) is 59.3 Å². The van der Waals surface area contributed by atoms with Crippen LogP contribution in [0.25, 0.3) is 0 Å². The molecule has 2 unspecified atom stereocenters. The number of aromatic nitrogens is 1. The lowest BCUT2D eigenvalue weighted by Crippen LogP contribution is -2.49. The summed E-state index contributed by atoms with van der Waals surface area (Å²) >= 11 is 0. The molecule has 2 fully saturated rings. The Morgan fingerprint density at radius 3 is 2.34 bits per heavy atom. The average Bonchev–Trinajstić information content (AvgIpc) is 2.94. The average molecular weight is 400 g/mol. The van der Waals surface area contributed by atoms with Gasteiger partial charge in [0.05, 0.1) is 5.56 Å². The minimum Gasteiger partial charge on any atom is -0.355 e. The third-order valence-electron chi connectivity index (χ3n) is 6.24. The molecule has 1 aromatic carbocycles. The quantitative estimate of drug-likeness (QED) is 0.752. The van der Waals surface area contributed by atoms with E-state index in [4.69, 9.17) is 0 Å². The van der Waals surface area contributed by atoms with Crippen LogP contribution in [-0.2, 0) is 12.7 Å². The van der Waals surface area contributed by atoms with E-state index in [2.05, 4.69) is 22.0 Å². The Bertz CT molecular complexity index is 893. The van der Waals surface area contributed by atoms with Gasteiger partial charge in [-0.15, -0.1) is 0 Å². The molecule has 4 rings (SSSR count). The molecule has 1 aromatic heterocycles. The lowest BCUT2D eigenvalue weighted by molar-refractivity contribution is -0.141. The number of hydrogen-bond donors (Lipinski definition) is 0. The number of rotatable bonds is 4. The summed E-state index contributed by atoms with van der Waals surface area (Å²) in [6, 6.07) is 15.3. The molecule has 2 atom stereocenters. The van der Waals surface area contributed by atoms with Crippen molar-refractivity contribution in [2.45, 2.75) is 56.5 Å². The van der Waals surface area contributed by atoms with E-state index in [1.807, 2.05) is 24.3 Å². The van der Waals surface area contributed by atoms with Crippen LogP contribution in [0.1, 0.15) is 42.5 Å². The molecule has 0 aliphatic carbocycles. The van der Waals surface area contributed by atoms with Crippen molar-refractivity contribution in [1.29, 1.82) is 5.26 Å². The molecule has 0 radical (unpaired) electrons. The van der Waals surface area contributed by atoms with Crippen LogP contribution in [0, 0.1) is 11.3 Å². The van der Waals surface area contributed by atoms with Crippen LogP contribution in [0.2, 0.25) is 0 Å². The molecule has 0 amide bonds. The first-order chi connectivity index (χ1) is 13.9. The summed E-state index contributed by atoms with van der Waals surface area (Å²) in [5.74, 6) is 0.128. The standard InChI is InChI=1S/C22H23F3N4/c1-28(21-16(13-26)7-10-20(27-21)22(23,24)25)19-11-17-8-9-18(12-19)29(17)14-15-5-3-2-4-6-15/h2-7,10,17-19H,8-9,11-12,14H2,1H3. The van der Waals surface area contributed by atoms with Gasteiger partial charge in [0.2, 0.25) is 0 Å². The van der Waals surface area contributed by atoms with Gasteiger partial charge in [0, 0.05) is 31.7 Å². The molecule has 0 N–H and O–H groups in total. The summed E-state index contributed by atoms with van der Waals surface area (Å²) in [5, 5.41) is 9.38. The van der Waals surface area contributed by atoms with Crippen molar-refractivity contribution in [2.75, 3.05) is 11.9 Å². The molecule has 4 nitrogen and oxygen atoms in total. The van der Waals surface area contributed by atoms with Crippen LogP contribution in [0.15, 0.2) is 42.5 Å². The molecule has 7 heteroatoms. The molecule has 2 saturated heterocycles. The Morgan fingerprint density at radius 2 is 1.76 bits per heavy atom. The first kappa shape index (κ1) is 19.7. The topological polar surface area (TPSA) is 43.2 Å². The number of pyridine rings is 1. The molecule has 2 aliphatic rings. The summed E-state index contributed by atoms with van der Waals surface area (Å²) in [7, 11) is 1.76. The van der Waals surface area contributed by atoms with Crippen molar-refractivity contribution in [1.82, 2.24) is 9.88 Å². The van der Waals surface area contributed by atoms with Gasteiger partial charge in [-0.1, -0.05) is 30.3 Å². The number of benzene rings is 1. The van der Waals surface area contributed by atoms with E-state index in [1.165, 1.54) is 11.6 Å². The largest absolute Gasteiger partial charge is 0.433 e. The Kier molecular flexibility index (Phi) is 5.22. The zero-order valence-electron chi connectivity index (χ0n) is 16.2. The van der Waals surface area contributed by atoms with Gasteiger partial charge in [0.15, 0.2) is 0 Å². The van der Waals surface area contributed by atoms with Crippen LogP contribution < -0.4 is 4.90 Å². The van der Waals surface area contributed by atoms with Crippen molar-refractivity contribution in [3.63, 3.8) is 0 Å². The van der Waals surface area contributed by atoms with Crippen molar-refractivity contribution in [3.8, 4) is 6.07 Å². The Hall–Kier alpha value is -2.59. The third-order valence-corrected chi connectivity index (χ3v) is 6.24. The first-order valence-electron chi connectivity index (χ1n) is 9.87. The smallest absolute Gasteiger partial charge is 0.355 e. The van der Waals surface area contributed by atoms with Gasteiger partial charge in [0.1, 0.15) is 17.6 Å². The van der Waals surface area contributed by atoms with Crippen LogP contribution in [-0.4, -0.2) is 35.1 Å². The van der Waals surface area contributed by atoms with E-state index >= 15 is 0 Å². The van der Waals surface area contributed by atoms with Gasteiger partial charge in [0.25, 0.3) is 0 Å². The third kappa shape index (κ3) is 3.95. The molecule has 0 spiro atoms. The Balaban J connectivity index is 1.53. The maximum absolute atomic E-state index is 13.1. The molecule has 2 aromatic rings. The number of hydrogen-bond acceptors (Lipinski definition) is 4. The lowest BCUT2D eigenvalue weighted by Gasteiger charge is -2.42. The highest BCUT2D eigenvalue weighted by molar-refractivity contribution is 5.55. The van der Waals surface area contributed by atoms with Gasteiger partial charge in [-0.3, -0.25) is 4.90 Å². The van der Waals surface area contributed by atoms with Crippen molar-refractivity contribution < 1.29 is 13.2 Å². The number of fused-ring (bicyclic) bond motifs is 2. The Morgan fingerprint density at radius 1 is 1.10 bits per heavy atom. The fourth-order valence-corrected chi connectivity index (χ4v) is 4.75. The minimum atomic E-state index is -4.53. The zero-order chi connectivity index (χ0) is 20.6. The predicted octanol–water partition coefficient (Wildman–Crippen LogP) is 4.60. The molecular formula is C22H23F3N4. The van der Waals surface area contributed by atoms with Gasteiger partial charge in [-0.2, -0.15) is 18.4 Å². The van der Waals surface area contributed by atoms with E-state index < -0.39 is 11.9 Å². The first-order valence-corrected chi connectivity index (χ1v) is 9.87. The summed E-state index contributed by atoms with van der Waals surface area (Å²) in [6.45, 7) is 0.901. The number of anilines is 1. The fraction of sp³-hybridized carbons (Fsp3) is 0.455. The van der Waals surface area contributed by atoms with Crippen LogP contribution in [0.5, 0.6) is 0 Å². The van der Waals surface area contributed by atoms with E-state index in [9.17, 15) is 18.4 Å². The maximum Gasteiger partial charge on any atom is 0.433 e. The van der Waals surface area contributed by atoms with Crippen LogP contribution in [0.3, 0.4) is 0 Å². The predicted molar refractivity (Wildman–Crippen MR) is 104 cm³/mol. The lowest BCUT2D eigenvalue weighted by atomic mass is 9.95. The molecule has 2 aliphatic heterocycles. The second kappa shape index (κ2) is 7.68. The summed E-state index contributed by atoms with van der Waals surface area (Å²) < 4.78 is 39.4. The van der Waals surface area contributed by atoms with E-state index in [1.54, 1.807) is 11.9 Å². The normalized spacial score (nSPS) is 24.3. The van der Waals surface area contributed by atoms with Crippen LogP contribution in [0.4, 0.5) is 19.0 Å². The number of nitrogens with zero attached hydrogens (tertiary/aromatic N) is 4. The highest BCUT2D eigenvalue weighted by atomic mass is 19.4. The molecule has 3 heterocycles. The minimum absolute atomic E-state index is 0.0719. The Labute approximate surface area is 168 Å². The van der Waals surface area contributed by atoms with Crippen molar-refractivity contribution in [2.24, 2.45) is 0 Å². The molecular weight excluding hydrogens is 377 g/mol. The van der Waals surface area contributed by atoms with Gasteiger partial charge in [-0.25, -0.2) is 4.98 Å². The maximum atomic E-state index is 13.1. The highest BCUT2D eigenvalue weighted by Gasteiger charge is 2.42. The van der Waals surface area contributed by atoms with Gasteiger partial charge < -0.3 is 4.90 Å². The molecule has 152 valence electrons. The van der Waals surface area contributed by atoms with Crippen LogP contribution >= 0.6 is 0 Å². The summed E-state index contributed by atoms with van der Waals surface area (Å²) in [5.41, 5.74) is 0.505. The van der Waals surface area contributed by atoms with Gasteiger partial charge in [-0.05, 0) is 43.4 Å². The zero-order valence-corrected chi connectivity index (χ0v) is 16.2. The van der Waals surface area contributed by atoms with Crippen molar-refractivity contribution >= 4 is 5.82 Å². The summed E-state index contributed by atoms with van der Waals surface area (Å²) in [4.78, 5) is 8.13. The molecule has 0 saturated carbocycles. The number of halogens is 3. The number of piperidine rings is 1. The second-order valence-electron chi connectivity index (χ2n) is 7.96. The van der Waals surface area contributed by atoms with E-state index in [0.29, 0.717) is 12.1 Å². The van der Waals surface area contributed by atoms with E-state index in [-0.39, 0.29) is 17.4 Å².